The molecular weight excluding hydrogens is 259 g/mol. The number of nitrogens with zero attached hydrogens (tertiary/aromatic N) is 2. The summed E-state index contributed by atoms with van der Waals surface area (Å²) < 4.78 is 13.4. The van der Waals surface area contributed by atoms with Crippen molar-refractivity contribution >= 4 is 11.5 Å². The van der Waals surface area contributed by atoms with E-state index >= 15 is 0 Å². The number of hydrogen-bond donors (Lipinski definition) is 2. The molecule has 1 heterocycles. The van der Waals surface area contributed by atoms with Crippen LogP contribution < -0.4 is 16.2 Å². The first-order valence-electron chi connectivity index (χ1n) is 6.41. The number of H-pyrrole nitrogens is 1. The van der Waals surface area contributed by atoms with E-state index in [4.69, 9.17) is 5.73 Å². The Morgan fingerprint density at radius 2 is 2.20 bits per heavy atom. The fourth-order valence-electron chi connectivity index (χ4n) is 1.97. The number of benzene rings is 1. The lowest BCUT2D eigenvalue weighted by Crippen LogP contribution is -2.24. The second-order valence-electron chi connectivity index (χ2n) is 4.46. The summed E-state index contributed by atoms with van der Waals surface area (Å²) in [6.07, 6.45) is 0.712. The van der Waals surface area contributed by atoms with Crippen LogP contribution in [0.15, 0.2) is 35.1 Å². The van der Waals surface area contributed by atoms with Crippen molar-refractivity contribution in [2.45, 2.75) is 13.3 Å². The average molecular weight is 276 g/mol. The van der Waals surface area contributed by atoms with E-state index in [1.807, 2.05) is 0 Å². The fourth-order valence-corrected chi connectivity index (χ4v) is 1.97. The maximum atomic E-state index is 13.4. The summed E-state index contributed by atoms with van der Waals surface area (Å²) in [5.74, 6) is 0.675. The molecule has 0 spiro atoms. The predicted octanol–water partition coefficient (Wildman–Crippen LogP) is 1.70. The third kappa shape index (κ3) is 3.42. The molecule has 1 aromatic carbocycles. The van der Waals surface area contributed by atoms with Crippen molar-refractivity contribution in [1.82, 2.24) is 9.97 Å². The highest BCUT2D eigenvalue weighted by molar-refractivity contribution is 5.59. The number of rotatable bonds is 5. The number of nitrogens with one attached hydrogen (secondary N) is 1. The Morgan fingerprint density at radius 1 is 1.40 bits per heavy atom. The van der Waals surface area contributed by atoms with Crippen LogP contribution in [-0.2, 0) is 0 Å². The number of aromatic amines is 1. The molecule has 0 saturated carbocycles. The van der Waals surface area contributed by atoms with Crippen LogP contribution >= 0.6 is 0 Å². The maximum Gasteiger partial charge on any atom is 0.252 e. The number of anilines is 2. The molecule has 2 aromatic rings. The molecule has 0 bridgehead atoms. The first-order chi connectivity index (χ1) is 9.60. The Labute approximate surface area is 116 Å². The van der Waals surface area contributed by atoms with Crippen LogP contribution in [0, 0.1) is 12.7 Å². The van der Waals surface area contributed by atoms with Gasteiger partial charge in [0.25, 0.3) is 5.56 Å². The van der Waals surface area contributed by atoms with E-state index in [9.17, 15) is 9.18 Å². The molecule has 106 valence electrons. The molecule has 1 aromatic heterocycles. The standard InChI is InChI=1S/C14H17FN4O/c1-10-17-13(9-14(20)18-10)19(7-3-6-16)12-5-2-4-11(15)8-12/h2,4-5,8-9H,3,6-7,16H2,1H3,(H,17,18,20). The van der Waals surface area contributed by atoms with E-state index < -0.39 is 0 Å². The molecule has 20 heavy (non-hydrogen) atoms. The van der Waals surface area contributed by atoms with Gasteiger partial charge in [0.05, 0.1) is 0 Å². The van der Waals surface area contributed by atoms with Crippen LogP contribution in [-0.4, -0.2) is 23.1 Å². The Kier molecular flexibility index (Phi) is 4.47. The van der Waals surface area contributed by atoms with Crippen molar-refractivity contribution in [2.24, 2.45) is 5.73 Å². The monoisotopic (exact) mass is 276 g/mol. The molecule has 0 atom stereocenters. The number of nitrogens with two attached hydrogens (primary N) is 1. The van der Waals surface area contributed by atoms with Gasteiger partial charge in [-0.2, -0.15) is 0 Å². The Morgan fingerprint density at radius 3 is 2.85 bits per heavy atom. The lowest BCUT2D eigenvalue weighted by atomic mass is 10.2. The highest BCUT2D eigenvalue weighted by Crippen LogP contribution is 2.23. The van der Waals surface area contributed by atoms with Gasteiger partial charge in [0, 0.05) is 18.3 Å². The van der Waals surface area contributed by atoms with Gasteiger partial charge < -0.3 is 15.6 Å². The van der Waals surface area contributed by atoms with Crippen LogP contribution in [0.25, 0.3) is 0 Å². The normalized spacial score (nSPS) is 10.6. The number of aromatic nitrogens is 2. The molecule has 0 unspecified atom stereocenters. The molecule has 0 aliphatic carbocycles. The van der Waals surface area contributed by atoms with Crippen LogP contribution in [0.2, 0.25) is 0 Å². The molecule has 5 nitrogen and oxygen atoms in total. The average Bonchev–Trinajstić information content (AvgIpc) is 2.38. The van der Waals surface area contributed by atoms with Crippen molar-refractivity contribution < 1.29 is 4.39 Å². The third-order valence-electron chi connectivity index (χ3n) is 2.83. The van der Waals surface area contributed by atoms with Gasteiger partial charge in [-0.3, -0.25) is 4.79 Å². The minimum atomic E-state index is -0.332. The zero-order chi connectivity index (χ0) is 14.5. The van der Waals surface area contributed by atoms with E-state index in [1.54, 1.807) is 24.0 Å². The van der Waals surface area contributed by atoms with Gasteiger partial charge in [-0.15, -0.1) is 0 Å². The lowest BCUT2D eigenvalue weighted by Gasteiger charge is -2.23. The highest BCUT2D eigenvalue weighted by atomic mass is 19.1. The zero-order valence-corrected chi connectivity index (χ0v) is 11.3. The van der Waals surface area contributed by atoms with Crippen molar-refractivity contribution in [3.05, 3.63) is 52.3 Å². The first kappa shape index (κ1) is 14.2. The molecule has 2 rings (SSSR count). The summed E-state index contributed by atoms with van der Waals surface area (Å²) in [4.78, 5) is 20.2. The molecular formula is C14H17FN4O. The number of halogens is 1. The van der Waals surface area contributed by atoms with Gasteiger partial charge in [0.1, 0.15) is 17.5 Å². The molecule has 0 aliphatic rings. The van der Waals surface area contributed by atoms with Gasteiger partial charge in [0.15, 0.2) is 0 Å². The first-order valence-corrected chi connectivity index (χ1v) is 6.41. The fraction of sp³-hybridized carbons (Fsp3) is 0.286. The molecule has 0 aliphatic heterocycles. The SMILES string of the molecule is Cc1nc(N(CCCN)c2cccc(F)c2)cc(=O)[nH]1. The molecule has 3 N–H and O–H groups in total. The van der Waals surface area contributed by atoms with Gasteiger partial charge in [-0.1, -0.05) is 6.07 Å². The molecule has 0 amide bonds. The zero-order valence-electron chi connectivity index (χ0n) is 11.3. The van der Waals surface area contributed by atoms with Crippen molar-refractivity contribution in [1.29, 1.82) is 0 Å². The quantitative estimate of drug-likeness (QED) is 0.871. The Hall–Kier alpha value is -2.21. The largest absolute Gasteiger partial charge is 0.330 e. The van der Waals surface area contributed by atoms with Gasteiger partial charge in [-0.25, -0.2) is 9.37 Å². The van der Waals surface area contributed by atoms with E-state index in [0.29, 0.717) is 36.8 Å². The summed E-state index contributed by atoms with van der Waals surface area (Å²) in [6, 6.07) is 7.59. The molecule has 0 saturated heterocycles. The van der Waals surface area contributed by atoms with Crippen molar-refractivity contribution in [3.63, 3.8) is 0 Å². The van der Waals surface area contributed by atoms with Crippen molar-refractivity contribution in [3.8, 4) is 0 Å². The van der Waals surface area contributed by atoms with Gasteiger partial charge in [-0.05, 0) is 38.1 Å². The van der Waals surface area contributed by atoms with Crippen molar-refractivity contribution in [2.75, 3.05) is 18.0 Å². The summed E-state index contributed by atoms with van der Waals surface area (Å²) >= 11 is 0. The predicted molar refractivity (Wildman–Crippen MR) is 76.7 cm³/mol. The van der Waals surface area contributed by atoms with Gasteiger partial charge in [0.2, 0.25) is 0 Å². The third-order valence-corrected chi connectivity index (χ3v) is 2.83. The number of aryl methyl sites for hydroxylation is 1. The van der Waals surface area contributed by atoms with E-state index in [1.165, 1.54) is 18.2 Å². The smallest absolute Gasteiger partial charge is 0.252 e. The van der Waals surface area contributed by atoms with E-state index in [0.717, 1.165) is 0 Å². The van der Waals surface area contributed by atoms with E-state index in [2.05, 4.69) is 9.97 Å². The minimum absolute atomic E-state index is 0.235. The highest BCUT2D eigenvalue weighted by Gasteiger charge is 2.12. The van der Waals surface area contributed by atoms with Crippen LogP contribution in [0.1, 0.15) is 12.2 Å². The molecule has 0 radical (unpaired) electrons. The minimum Gasteiger partial charge on any atom is -0.330 e. The second-order valence-corrected chi connectivity index (χ2v) is 4.46. The molecule has 6 heteroatoms. The molecule has 0 fully saturated rings. The van der Waals surface area contributed by atoms with Crippen LogP contribution in [0.3, 0.4) is 0 Å². The maximum absolute atomic E-state index is 13.4. The Bertz CT molecular complexity index is 641. The lowest BCUT2D eigenvalue weighted by molar-refractivity contribution is 0.627. The van der Waals surface area contributed by atoms with Crippen LogP contribution in [0.5, 0.6) is 0 Å². The topological polar surface area (TPSA) is 75.0 Å². The summed E-state index contributed by atoms with van der Waals surface area (Å²) in [5.41, 5.74) is 5.95. The summed E-state index contributed by atoms with van der Waals surface area (Å²) in [7, 11) is 0. The summed E-state index contributed by atoms with van der Waals surface area (Å²) in [5, 5.41) is 0. The summed E-state index contributed by atoms with van der Waals surface area (Å²) in [6.45, 7) is 2.78. The van der Waals surface area contributed by atoms with E-state index in [-0.39, 0.29) is 11.4 Å². The van der Waals surface area contributed by atoms with Crippen LogP contribution in [0.4, 0.5) is 15.9 Å². The Balaban J connectivity index is 2.43. The number of hydrogen-bond acceptors (Lipinski definition) is 4. The second kappa shape index (κ2) is 6.29. The van der Waals surface area contributed by atoms with Gasteiger partial charge >= 0.3 is 0 Å².